The minimum absolute atomic E-state index is 0.321. The lowest BCUT2D eigenvalue weighted by Gasteiger charge is -2.12. The van der Waals surface area contributed by atoms with Crippen molar-refractivity contribution in [2.24, 2.45) is 0 Å². The first kappa shape index (κ1) is 17.3. The molecule has 0 amide bonds. The van der Waals surface area contributed by atoms with Crippen LogP contribution in [0, 0.1) is 0 Å². The van der Waals surface area contributed by atoms with Crippen LogP contribution in [0.4, 0.5) is 0 Å². The van der Waals surface area contributed by atoms with Gasteiger partial charge in [0.2, 0.25) is 0 Å². The summed E-state index contributed by atoms with van der Waals surface area (Å²) in [7, 11) is 7.15. The largest absolute Gasteiger partial charge is 0.497 e. The average molecular weight is 320 g/mol. The molecular weight excluding hydrogens is 296 g/mol. The predicted octanol–water partition coefficient (Wildman–Crippen LogP) is 2.01. The number of hydrogen-bond acceptors (Lipinski definition) is 5. The highest BCUT2D eigenvalue weighted by Gasteiger charge is 2.17. The number of ether oxygens (including phenoxy) is 3. The smallest absolute Gasteiger partial charge is 0.355 e. The second-order valence-electron chi connectivity index (χ2n) is 5.54. The molecule has 0 fully saturated rings. The number of hydrogen-bond donors (Lipinski definition) is 0. The molecule has 2 aromatic rings. The lowest BCUT2D eigenvalue weighted by atomic mass is 10.2. The van der Waals surface area contributed by atoms with Crippen LogP contribution >= 0.6 is 0 Å². The van der Waals surface area contributed by atoms with Gasteiger partial charge in [0.25, 0.3) is 0 Å². The summed E-state index contributed by atoms with van der Waals surface area (Å²) in [5.41, 5.74) is 1.46. The van der Waals surface area contributed by atoms with Gasteiger partial charge in [-0.3, -0.25) is 0 Å². The van der Waals surface area contributed by atoms with Crippen molar-refractivity contribution in [3.8, 4) is 5.75 Å². The van der Waals surface area contributed by atoms with Crippen molar-refractivity contribution in [1.82, 2.24) is 9.47 Å². The number of rotatable bonds is 8. The van der Waals surface area contributed by atoms with Crippen LogP contribution in [0.1, 0.15) is 10.5 Å². The van der Waals surface area contributed by atoms with Crippen LogP contribution in [0.2, 0.25) is 0 Å². The van der Waals surface area contributed by atoms with Crippen LogP contribution < -0.4 is 4.74 Å². The Bertz CT molecular complexity index is 664. The van der Waals surface area contributed by atoms with Crippen molar-refractivity contribution in [3.63, 3.8) is 0 Å². The van der Waals surface area contributed by atoms with Crippen molar-refractivity contribution < 1.29 is 19.0 Å². The van der Waals surface area contributed by atoms with E-state index in [1.807, 2.05) is 47.8 Å². The Morgan fingerprint density at radius 3 is 2.61 bits per heavy atom. The average Bonchev–Trinajstić information content (AvgIpc) is 2.90. The highest BCUT2D eigenvalue weighted by Crippen LogP contribution is 2.25. The summed E-state index contributed by atoms with van der Waals surface area (Å²) < 4.78 is 17.7. The number of carbonyl (C=O) groups is 1. The number of nitrogens with zero attached hydrogens (tertiary/aromatic N) is 2. The fourth-order valence-electron chi connectivity index (χ4n) is 2.35. The van der Waals surface area contributed by atoms with Gasteiger partial charge in [-0.2, -0.15) is 0 Å². The molecular formula is C17H24N2O4. The van der Waals surface area contributed by atoms with Crippen molar-refractivity contribution in [1.29, 1.82) is 0 Å². The fraction of sp³-hybridized carbons (Fsp3) is 0.471. The Morgan fingerprint density at radius 1 is 1.17 bits per heavy atom. The first-order valence-corrected chi connectivity index (χ1v) is 7.55. The van der Waals surface area contributed by atoms with Crippen molar-refractivity contribution in [2.45, 2.75) is 6.54 Å². The summed E-state index contributed by atoms with van der Waals surface area (Å²) in [5, 5.41) is 0.974. The molecule has 126 valence electrons. The summed E-state index contributed by atoms with van der Waals surface area (Å²) in [6, 6.07) is 7.59. The van der Waals surface area contributed by atoms with Gasteiger partial charge in [0.15, 0.2) is 0 Å². The fourth-order valence-corrected chi connectivity index (χ4v) is 2.35. The number of esters is 1. The second-order valence-corrected chi connectivity index (χ2v) is 5.54. The summed E-state index contributed by atoms with van der Waals surface area (Å²) in [6.45, 7) is 2.14. The maximum absolute atomic E-state index is 12.4. The van der Waals surface area contributed by atoms with E-state index in [2.05, 4.69) is 0 Å². The van der Waals surface area contributed by atoms with Gasteiger partial charge >= 0.3 is 5.97 Å². The molecule has 0 aliphatic rings. The molecule has 1 heterocycles. The van der Waals surface area contributed by atoms with Crippen LogP contribution in [0.3, 0.4) is 0 Å². The standard InChI is InChI=1S/C17H24N2O4/c1-18(2)7-10-23-17(20)16-11-13-5-6-14(22-4)12-15(13)19(16)8-9-21-3/h5-6,11-12H,7-10H2,1-4H3. The van der Waals surface area contributed by atoms with E-state index in [-0.39, 0.29) is 5.97 Å². The quantitative estimate of drug-likeness (QED) is 0.697. The molecule has 0 radical (unpaired) electrons. The molecule has 0 atom stereocenters. The van der Waals surface area contributed by atoms with Gasteiger partial charge in [0, 0.05) is 31.7 Å². The van der Waals surface area contributed by atoms with Crippen LogP contribution in [0.15, 0.2) is 24.3 Å². The van der Waals surface area contributed by atoms with Gasteiger partial charge in [-0.1, -0.05) is 0 Å². The van der Waals surface area contributed by atoms with Gasteiger partial charge in [-0.15, -0.1) is 0 Å². The van der Waals surface area contributed by atoms with Crippen LogP contribution in [0.5, 0.6) is 5.75 Å². The highest BCUT2D eigenvalue weighted by molar-refractivity contribution is 5.96. The molecule has 2 rings (SSSR count). The molecule has 0 saturated heterocycles. The van der Waals surface area contributed by atoms with E-state index >= 15 is 0 Å². The molecule has 0 bridgehead atoms. The lowest BCUT2D eigenvalue weighted by molar-refractivity contribution is 0.0468. The van der Waals surface area contributed by atoms with Crippen molar-refractivity contribution >= 4 is 16.9 Å². The molecule has 23 heavy (non-hydrogen) atoms. The minimum atomic E-state index is -0.321. The SMILES string of the molecule is COCCn1c(C(=O)OCCN(C)C)cc2ccc(OC)cc21. The van der Waals surface area contributed by atoms with E-state index in [1.54, 1.807) is 14.2 Å². The van der Waals surface area contributed by atoms with E-state index in [4.69, 9.17) is 14.2 Å². The van der Waals surface area contributed by atoms with E-state index in [0.717, 1.165) is 16.7 Å². The Labute approximate surface area is 136 Å². The number of fused-ring (bicyclic) bond motifs is 1. The van der Waals surface area contributed by atoms with Crippen LogP contribution in [0.25, 0.3) is 10.9 Å². The molecule has 0 spiro atoms. The monoisotopic (exact) mass is 320 g/mol. The third-order valence-corrected chi connectivity index (χ3v) is 3.61. The van der Waals surface area contributed by atoms with Gasteiger partial charge in [-0.25, -0.2) is 4.79 Å². The predicted molar refractivity (Wildman–Crippen MR) is 89.2 cm³/mol. The molecule has 0 aliphatic carbocycles. The van der Waals surface area contributed by atoms with Crippen molar-refractivity contribution in [2.75, 3.05) is 48.1 Å². The molecule has 0 unspecified atom stereocenters. The Morgan fingerprint density at radius 2 is 1.96 bits per heavy atom. The molecule has 0 N–H and O–H groups in total. The number of aromatic nitrogens is 1. The molecule has 6 heteroatoms. The Balaban J connectivity index is 2.31. The summed E-state index contributed by atoms with van der Waals surface area (Å²) >= 11 is 0. The highest BCUT2D eigenvalue weighted by atomic mass is 16.5. The lowest BCUT2D eigenvalue weighted by Crippen LogP contribution is -2.21. The summed E-state index contributed by atoms with van der Waals surface area (Å²) in [4.78, 5) is 14.4. The number of benzene rings is 1. The molecule has 0 aliphatic heterocycles. The van der Waals surface area contributed by atoms with Gasteiger partial charge in [0.05, 0.1) is 19.2 Å². The van der Waals surface area contributed by atoms with E-state index in [0.29, 0.717) is 32.0 Å². The number of carbonyl (C=O) groups excluding carboxylic acids is 1. The molecule has 1 aromatic heterocycles. The third kappa shape index (κ3) is 4.24. The van der Waals surface area contributed by atoms with Crippen molar-refractivity contribution in [3.05, 3.63) is 30.0 Å². The molecule has 6 nitrogen and oxygen atoms in total. The maximum atomic E-state index is 12.4. The zero-order valence-electron chi connectivity index (χ0n) is 14.2. The van der Waals surface area contributed by atoms with E-state index in [1.165, 1.54) is 0 Å². The first-order chi connectivity index (χ1) is 11.1. The number of likely N-dealkylation sites (N-methyl/N-ethyl adjacent to an activating group) is 1. The Hall–Kier alpha value is -2.05. The van der Waals surface area contributed by atoms with Gasteiger partial charge in [-0.05, 0) is 32.3 Å². The molecule has 1 aromatic carbocycles. The van der Waals surface area contributed by atoms with E-state index in [9.17, 15) is 4.79 Å². The number of methoxy groups -OCH3 is 2. The summed E-state index contributed by atoms with van der Waals surface area (Å²) in [5.74, 6) is 0.430. The maximum Gasteiger partial charge on any atom is 0.355 e. The van der Waals surface area contributed by atoms with E-state index < -0.39 is 0 Å². The topological polar surface area (TPSA) is 52.9 Å². The Kier molecular flexibility index (Phi) is 6.01. The second kappa shape index (κ2) is 7.99. The van der Waals surface area contributed by atoms with Gasteiger partial charge < -0.3 is 23.7 Å². The van der Waals surface area contributed by atoms with Crippen LogP contribution in [-0.4, -0.2) is 63.5 Å². The minimum Gasteiger partial charge on any atom is -0.497 e. The van der Waals surface area contributed by atoms with Crippen LogP contribution in [-0.2, 0) is 16.0 Å². The zero-order chi connectivity index (χ0) is 16.8. The normalized spacial score (nSPS) is 11.2. The summed E-state index contributed by atoms with van der Waals surface area (Å²) in [6.07, 6.45) is 0. The first-order valence-electron chi connectivity index (χ1n) is 7.55. The zero-order valence-corrected chi connectivity index (χ0v) is 14.2. The third-order valence-electron chi connectivity index (χ3n) is 3.61. The van der Waals surface area contributed by atoms with Gasteiger partial charge in [0.1, 0.15) is 18.1 Å². The molecule has 0 saturated carbocycles.